The van der Waals surface area contributed by atoms with Crippen LogP contribution >= 0.6 is 11.6 Å². The maximum absolute atomic E-state index is 12.6. The summed E-state index contributed by atoms with van der Waals surface area (Å²) in [6, 6.07) is 6.09. The molecule has 3 rings (SSSR count). The van der Waals surface area contributed by atoms with Crippen molar-refractivity contribution in [2.24, 2.45) is 0 Å². The summed E-state index contributed by atoms with van der Waals surface area (Å²) >= 11 is 5.89. The second kappa shape index (κ2) is 10.2. The minimum absolute atomic E-state index is 0.0249. The lowest BCUT2D eigenvalue weighted by Crippen LogP contribution is -2.37. The van der Waals surface area contributed by atoms with Gasteiger partial charge in [-0.3, -0.25) is 19.9 Å². The molecule has 0 N–H and O–H groups in total. The minimum Gasteiger partial charge on any atom is -0.469 e. The number of ether oxygens (including phenoxy) is 2. The molecule has 1 aliphatic rings. The molecule has 1 saturated heterocycles. The van der Waals surface area contributed by atoms with Crippen molar-refractivity contribution < 1.29 is 24.0 Å². The van der Waals surface area contributed by atoms with Gasteiger partial charge >= 0.3 is 12.1 Å². The van der Waals surface area contributed by atoms with E-state index in [1.165, 1.54) is 31.6 Å². The van der Waals surface area contributed by atoms with Crippen LogP contribution in [0.3, 0.4) is 0 Å². The van der Waals surface area contributed by atoms with Crippen molar-refractivity contribution in [1.82, 2.24) is 9.88 Å². The van der Waals surface area contributed by atoms with Gasteiger partial charge in [-0.1, -0.05) is 17.7 Å². The Morgan fingerprint density at radius 2 is 1.94 bits per heavy atom. The number of hydrogen-bond acceptors (Lipinski definition) is 7. The van der Waals surface area contributed by atoms with Crippen LogP contribution in [0.15, 0.2) is 36.7 Å². The van der Waals surface area contributed by atoms with Gasteiger partial charge < -0.3 is 14.4 Å². The Morgan fingerprint density at radius 3 is 2.61 bits per heavy atom. The third-order valence-electron chi connectivity index (χ3n) is 5.04. The Morgan fingerprint density at radius 1 is 1.19 bits per heavy atom. The highest BCUT2D eigenvalue weighted by Crippen LogP contribution is 2.32. The quantitative estimate of drug-likeness (QED) is 0.363. The van der Waals surface area contributed by atoms with Gasteiger partial charge in [-0.25, -0.2) is 4.79 Å². The van der Waals surface area contributed by atoms with Crippen molar-refractivity contribution in [3.63, 3.8) is 0 Å². The number of hydrogen-bond donors (Lipinski definition) is 0. The smallest absolute Gasteiger partial charge is 0.410 e. The lowest BCUT2D eigenvalue weighted by atomic mass is 10.0. The Balaban J connectivity index is 1.89. The van der Waals surface area contributed by atoms with Crippen LogP contribution in [0.25, 0.3) is 11.1 Å². The predicted octanol–water partition coefficient (Wildman–Crippen LogP) is 4.54. The third kappa shape index (κ3) is 5.69. The summed E-state index contributed by atoms with van der Waals surface area (Å²) in [6.07, 6.45) is 4.31. The van der Waals surface area contributed by atoms with Crippen molar-refractivity contribution in [3.05, 3.63) is 57.4 Å². The van der Waals surface area contributed by atoms with Crippen LogP contribution in [-0.2, 0) is 14.3 Å². The molecule has 1 amide bonds. The number of nitro benzene ring substituents is 1. The molecule has 0 aliphatic carbocycles. The topological polar surface area (TPSA) is 112 Å². The number of esters is 1. The van der Waals surface area contributed by atoms with Crippen molar-refractivity contribution in [2.75, 3.05) is 20.2 Å². The first-order chi connectivity index (χ1) is 14.9. The monoisotopic (exact) mass is 447 g/mol. The van der Waals surface area contributed by atoms with Gasteiger partial charge in [0, 0.05) is 42.7 Å². The first-order valence-electron chi connectivity index (χ1n) is 9.80. The molecule has 1 aromatic heterocycles. The van der Waals surface area contributed by atoms with E-state index in [1.807, 2.05) is 0 Å². The lowest BCUT2D eigenvalue weighted by Gasteiger charge is -2.28. The molecular formula is C21H22ClN3O6. The van der Waals surface area contributed by atoms with Crippen LogP contribution in [-0.4, -0.2) is 47.1 Å². The van der Waals surface area contributed by atoms with Crippen LogP contribution in [0.5, 0.6) is 0 Å². The van der Waals surface area contributed by atoms with Gasteiger partial charge in [0.1, 0.15) is 11.1 Å². The fourth-order valence-corrected chi connectivity index (χ4v) is 3.55. The van der Waals surface area contributed by atoms with Crippen LogP contribution < -0.4 is 0 Å². The number of rotatable bonds is 6. The number of piperidine rings is 1. The Kier molecular flexibility index (Phi) is 7.41. The van der Waals surface area contributed by atoms with Gasteiger partial charge in [-0.15, -0.1) is 0 Å². The maximum atomic E-state index is 12.6. The summed E-state index contributed by atoms with van der Waals surface area (Å²) in [5.41, 5.74) is 1.32. The van der Waals surface area contributed by atoms with Gasteiger partial charge in [-0.05, 0) is 37.0 Å². The molecule has 0 bridgehead atoms. The summed E-state index contributed by atoms with van der Waals surface area (Å²) in [4.78, 5) is 41.0. The Bertz CT molecular complexity index is 977. The number of carbonyl (C=O) groups is 2. The number of nitro groups is 1. The van der Waals surface area contributed by atoms with Crippen molar-refractivity contribution in [1.29, 1.82) is 0 Å². The van der Waals surface area contributed by atoms with Crippen LogP contribution in [0, 0.1) is 10.1 Å². The van der Waals surface area contributed by atoms with E-state index in [0.29, 0.717) is 29.8 Å². The number of likely N-dealkylation sites (tertiary alicyclic amines) is 1. The number of nitrogens with zero attached hydrogens (tertiary/aromatic N) is 3. The van der Waals surface area contributed by atoms with E-state index >= 15 is 0 Å². The summed E-state index contributed by atoms with van der Waals surface area (Å²) in [5, 5.41) is 11.2. The molecule has 0 saturated carbocycles. The van der Waals surface area contributed by atoms with Crippen LogP contribution in [0.4, 0.5) is 10.5 Å². The molecule has 1 unspecified atom stereocenters. The van der Waals surface area contributed by atoms with E-state index in [-0.39, 0.29) is 17.1 Å². The molecule has 10 heteroatoms. The Labute approximate surface area is 184 Å². The molecule has 2 aromatic rings. The lowest BCUT2D eigenvalue weighted by molar-refractivity contribution is -0.384. The van der Waals surface area contributed by atoms with Crippen molar-refractivity contribution in [2.45, 2.75) is 31.8 Å². The average Bonchev–Trinajstić information content (AvgIpc) is 2.79. The molecular weight excluding hydrogens is 426 g/mol. The highest BCUT2D eigenvalue weighted by Gasteiger charge is 2.26. The molecule has 2 heterocycles. The molecule has 1 fully saturated rings. The van der Waals surface area contributed by atoms with E-state index in [2.05, 4.69) is 4.98 Å². The highest BCUT2D eigenvalue weighted by atomic mass is 35.5. The van der Waals surface area contributed by atoms with Gasteiger partial charge in [-0.2, -0.15) is 0 Å². The summed E-state index contributed by atoms with van der Waals surface area (Å²) in [5.74, 6) is -0.538. The highest BCUT2D eigenvalue weighted by molar-refractivity contribution is 6.32. The van der Waals surface area contributed by atoms with Gasteiger partial charge in [0.05, 0.1) is 18.5 Å². The molecule has 1 aromatic carbocycles. The van der Waals surface area contributed by atoms with Gasteiger partial charge in [0.2, 0.25) is 0 Å². The molecule has 0 radical (unpaired) electrons. The van der Waals surface area contributed by atoms with Crippen LogP contribution in [0.1, 0.15) is 37.4 Å². The van der Waals surface area contributed by atoms with E-state index in [4.69, 9.17) is 21.1 Å². The molecule has 0 spiro atoms. The van der Waals surface area contributed by atoms with Crippen LogP contribution in [0.2, 0.25) is 5.02 Å². The first-order valence-corrected chi connectivity index (χ1v) is 10.2. The number of amides is 1. The van der Waals surface area contributed by atoms with Crippen molar-refractivity contribution in [3.8, 4) is 11.1 Å². The number of halogens is 1. The largest absolute Gasteiger partial charge is 0.469 e. The van der Waals surface area contributed by atoms with E-state index < -0.39 is 23.1 Å². The fourth-order valence-electron chi connectivity index (χ4n) is 3.36. The average molecular weight is 448 g/mol. The molecule has 31 heavy (non-hydrogen) atoms. The second-order valence-corrected chi connectivity index (χ2v) is 7.54. The number of methoxy groups -OCH3 is 1. The van der Waals surface area contributed by atoms with Gasteiger partial charge in [0.25, 0.3) is 5.69 Å². The number of aromatic nitrogens is 1. The zero-order valence-electron chi connectivity index (χ0n) is 17.0. The molecule has 1 atom stereocenters. The summed E-state index contributed by atoms with van der Waals surface area (Å²) < 4.78 is 10.4. The normalized spacial score (nSPS) is 14.6. The molecule has 9 nitrogen and oxygen atoms in total. The third-order valence-corrected chi connectivity index (χ3v) is 5.36. The molecule has 1 aliphatic heterocycles. The zero-order valence-corrected chi connectivity index (χ0v) is 17.7. The predicted molar refractivity (Wildman–Crippen MR) is 113 cm³/mol. The maximum Gasteiger partial charge on any atom is 0.410 e. The number of carbonyl (C=O) groups excluding carboxylic acids is 2. The summed E-state index contributed by atoms with van der Waals surface area (Å²) in [7, 11) is 1.26. The number of benzene rings is 1. The number of pyridine rings is 1. The fraction of sp³-hybridized carbons (Fsp3) is 0.381. The minimum atomic E-state index is -0.906. The van der Waals surface area contributed by atoms with Crippen molar-refractivity contribution >= 4 is 29.4 Å². The van der Waals surface area contributed by atoms with E-state index in [0.717, 1.165) is 19.3 Å². The summed E-state index contributed by atoms with van der Waals surface area (Å²) in [6.45, 7) is 1.22. The standard InChI is InChI=1S/C21H22ClN3O6/c1-30-20(26)11-19(31-21(27)24-7-3-2-4-8-24)16-9-15(12-23-13-16)14-5-6-17(22)18(10-14)25(28)29/h5-6,9-10,12-13,19H,2-4,7-8,11H2,1H3. The van der Waals surface area contributed by atoms with Gasteiger partial charge in [0.15, 0.2) is 0 Å². The van der Waals surface area contributed by atoms with E-state index in [1.54, 1.807) is 17.0 Å². The Hall–Kier alpha value is -3.20. The second-order valence-electron chi connectivity index (χ2n) is 7.13. The van der Waals surface area contributed by atoms with E-state index in [9.17, 15) is 19.7 Å². The first kappa shape index (κ1) is 22.5. The molecule has 164 valence electrons. The zero-order chi connectivity index (χ0) is 22.4. The SMILES string of the molecule is COC(=O)CC(OC(=O)N1CCCCC1)c1cncc(-c2ccc(Cl)c([N+](=O)[O-])c2)c1.